The van der Waals surface area contributed by atoms with Crippen LogP contribution in [0.4, 0.5) is 5.69 Å². The number of benzene rings is 3. The maximum Gasteiger partial charge on any atom is 0.228 e. The molecule has 0 bridgehead atoms. The van der Waals surface area contributed by atoms with E-state index in [9.17, 15) is 18.0 Å². The molecule has 3 rings (SSSR count). The van der Waals surface area contributed by atoms with Crippen LogP contribution in [0, 0.1) is 0 Å². The number of halogens is 1. The summed E-state index contributed by atoms with van der Waals surface area (Å²) >= 11 is 3.37. The molecule has 0 fully saturated rings. The fourth-order valence-electron chi connectivity index (χ4n) is 2.92. The van der Waals surface area contributed by atoms with E-state index in [2.05, 4.69) is 21.2 Å². The topological polar surface area (TPSA) is 80.3 Å². The van der Waals surface area contributed by atoms with Crippen molar-refractivity contribution in [2.75, 3.05) is 11.1 Å². The second-order valence-corrected chi connectivity index (χ2v) is 9.85. The predicted octanol–water partition coefficient (Wildman–Crippen LogP) is 4.65. The summed E-state index contributed by atoms with van der Waals surface area (Å²) in [7, 11) is -3.28. The van der Waals surface area contributed by atoms with Crippen molar-refractivity contribution >= 4 is 43.1 Å². The SMILES string of the molecule is CCS(=O)(=O)c1ccc(CC(=O)Nc2ccc(Br)cc2C(=O)c2ccccc2)cc1. The van der Waals surface area contributed by atoms with Crippen molar-refractivity contribution in [2.24, 2.45) is 0 Å². The Kier molecular flexibility index (Phi) is 6.84. The lowest BCUT2D eigenvalue weighted by Crippen LogP contribution is -2.17. The van der Waals surface area contributed by atoms with Crippen LogP contribution in [0.1, 0.15) is 28.4 Å². The van der Waals surface area contributed by atoms with Gasteiger partial charge in [-0.2, -0.15) is 0 Å². The number of amides is 1. The highest BCUT2D eigenvalue weighted by molar-refractivity contribution is 9.10. The number of hydrogen-bond donors (Lipinski definition) is 1. The highest BCUT2D eigenvalue weighted by atomic mass is 79.9. The minimum absolute atomic E-state index is 0.0224. The lowest BCUT2D eigenvalue weighted by molar-refractivity contribution is -0.115. The van der Waals surface area contributed by atoms with E-state index in [-0.39, 0.29) is 28.8 Å². The van der Waals surface area contributed by atoms with Crippen molar-refractivity contribution in [2.45, 2.75) is 18.2 Å². The van der Waals surface area contributed by atoms with Gasteiger partial charge in [0.25, 0.3) is 0 Å². The van der Waals surface area contributed by atoms with Crippen LogP contribution in [0.5, 0.6) is 0 Å². The monoisotopic (exact) mass is 485 g/mol. The number of ketones is 1. The number of anilines is 1. The van der Waals surface area contributed by atoms with Gasteiger partial charge in [-0.25, -0.2) is 8.42 Å². The Morgan fingerprint density at radius 1 is 0.933 bits per heavy atom. The molecule has 0 unspecified atom stereocenters. The molecule has 3 aromatic rings. The first-order valence-corrected chi connectivity index (χ1v) is 11.8. The van der Waals surface area contributed by atoms with E-state index in [0.717, 1.165) is 4.47 Å². The summed E-state index contributed by atoms with van der Waals surface area (Å²) in [5, 5.41) is 2.79. The fraction of sp³-hybridized carbons (Fsp3) is 0.130. The molecule has 1 N–H and O–H groups in total. The summed E-state index contributed by atoms with van der Waals surface area (Å²) in [4.78, 5) is 25.7. The summed E-state index contributed by atoms with van der Waals surface area (Å²) in [5.74, 6) is -0.471. The number of sulfone groups is 1. The smallest absolute Gasteiger partial charge is 0.228 e. The van der Waals surface area contributed by atoms with Gasteiger partial charge in [-0.1, -0.05) is 65.3 Å². The van der Waals surface area contributed by atoms with Crippen LogP contribution in [-0.4, -0.2) is 25.9 Å². The van der Waals surface area contributed by atoms with Gasteiger partial charge in [0, 0.05) is 15.6 Å². The quantitative estimate of drug-likeness (QED) is 0.493. The van der Waals surface area contributed by atoms with Gasteiger partial charge in [-0.05, 0) is 35.9 Å². The van der Waals surface area contributed by atoms with E-state index in [1.807, 2.05) is 6.07 Å². The zero-order valence-corrected chi connectivity index (χ0v) is 18.7. The molecule has 0 aliphatic heterocycles. The number of carbonyl (C=O) groups excluding carboxylic acids is 2. The van der Waals surface area contributed by atoms with Crippen LogP contribution in [0.25, 0.3) is 0 Å². The molecule has 1 amide bonds. The lowest BCUT2D eigenvalue weighted by Gasteiger charge is -2.12. The van der Waals surface area contributed by atoms with Gasteiger partial charge in [0.15, 0.2) is 15.6 Å². The van der Waals surface area contributed by atoms with E-state index in [1.165, 1.54) is 12.1 Å². The third-order valence-corrected chi connectivity index (χ3v) is 6.81. The van der Waals surface area contributed by atoms with Crippen molar-refractivity contribution in [1.82, 2.24) is 0 Å². The third kappa shape index (κ3) is 5.23. The highest BCUT2D eigenvalue weighted by Gasteiger charge is 2.17. The second kappa shape index (κ2) is 9.36. The molecule has 0 aliphatic carbocycles. The van der Waals surface area contributed by atoms with E-state index in [0.29, 0.717) is 22.4 Å². The summed E-state index contributed by atoms with van der Waals surface area (Å²) < 4.78 is 24.5. The van der Waals surface area contributed by atoms with Gasteiger partial charge in [0.2, 0.25) is 5.91 Å². The van der Waals surface area contributed by atoms with Crippen molar-refractivity contribution in [1.29, 1.82) is 0 Å². The Labute approximate surface area is 184 Å². The normalized spacial score (nSPS) is 11.1. The van der Waals surface area contributed by atoms with Crippen LogP contribution in [0.15, 0.2) is 82.2 Å². The van der Waals surface area contributed by atoms with Crippen molar-refractivity contribution in [3.05, 3.63) is 94.0 Å². The number of carbonyl (C=O) groups is 2. The average Bonchev–Trinajstić information content (AvgIpc) is 2.75. The third-order valence-electron chi connectivity index (χ3n) is 4.56. The summed E-state index contributed by atoms with van der Waals surface area (Å²) in [6.45, 7) is 1.59. The Hall–Kier alpha value is -2.77. The lowest BCUT2D eigenvalue weighted by atomic mass is 10.0. The van der Waals surface area contributed by atoms with E-state index >= 15 is 0 Å². The molecule has 30 heavy (non-hydrogen) atoms. The molecule has 0 heterocycles. The molecule has 0 atom stereocenters. The van der Waals surface area contributed by atoms with Gasteiger partial charge in [-0.15, -0.1) is 0 Å². The van der Waals surface area contributed by atoms with Crippen molar-refractivity contribution < 1.29 is 18.0 Å². The first-order chi connectivity index (χ1) is 14.3. The van der Waals surface area contributed by atoms with E-state index < -0.39 is 9.84 Å². The molecule has 3 aromatic carbocycles. The van der Waals surface area contributed by atoms with Crippen LogP contribution < -0.4 is 5.32 Å². The minimum Gasteiger partial charge on any atom is -0.325 e. The molecule has 0 aliphatic rings. The molecule has 0 saturated heterocycles. The van der Waals surface area contributed by atoms with Gasteiger partial charge in [0.1, 0.15) is 0 Å². The second-order valence-electron chi connectivity index (χ2n) is 6.66. The first kappa shape index (κ1) is 21.9. The summed E-state index contributed by atoms with van der Waals surface area (Å²) in [5.41, 5.74) is 2.00. The summed E-state index contributed by atoms with van der Waals surface area (Å²) in [6.07, 6.45) is 0.0570. The highest BCUT2D eigenvalue weighted by Crippen LogP contribution is 2.24. The van der Waals surface area contributed by atoms with E-state index in [1.54, 1.807) is 61.5 Å². The zero-order valence-electron chi connectivity index (χ0n) is 16.3. The predicted molar refractivity (Wildman–Crippen MR) is 121 cm³/mol. The van der Waals surface area contributed by atoms with Crippen LogP contribution in [0.2, 0.25) is 0 Å². The Morgan fingerprint density at radius 2 is 1.60 bits per heavy atom. The standard InChI is InChI=1S/C23H20BrNO4S/c1-2-30(28,29)19-11-8-16(9-12-19)14-22(26)25-21-13-10-18(24)15-20(21)23(27)17-6-4-3-5-7-17/h3-13,15H,2,14H2,1H3,(H,25,26). The summed E-state index contributed by atoms with van der Waals surface area (Å²) in [6, 6.07) is 20.2. The minimum atomic E-state index is -3.28. The first-order valence-electron chi connectivity index (χ1n) is 9.31. The van der Waals surface area contributed by atoms with Crippen LogP contribution in [-0.2, 0) is 21.1 Å². The molecular weight excluding hydrogens is 466 g/mol. The molecule has 7 heteroatoms. The molecule has 154 valence electrons. The number of hydrogen-bond acceptors (Lipinski definition) is 4. The van der Waals surface area contributed by atoms with Crippen molar-refractivity contribution in [3.63, 3.8) is 0 Å². The molecule has 5 nitrogen and oxygen atoms in total. The zero-order chi connectivity index (χ0) is 21.7. The fourth-order valence-corrected chi connectivity index (χ4v) is 4.16. The maximum absolute atomic E-state index is 12.9. The Balaban J connectivity index is 1.78. The molecular formula is C23H20BrNO4S. The molecule has 0 spiro atoms. The average molecular weight is 486 g/mol. The number of nitrogens with one attached hydrogen (secondary N) is 1. The largest absolute Gasteiger partial charge is 0.325 e. The maximum atomic E-state index is 12.9. The van der Waals surface area contributed by atoms with Gasteiger partial charge < -0.3 is 5.32 Å². The molecule has 0 saturated carbocycles. The Morgan fingerprint density at radius 3 is 2.23 bits per heavy atom. The van der Waals surface area contributed by atoms with Gasteiger partial charge in [-0.3, -0.25) is 9.59 Å². The number of rotatable bonds is 7. The van der Waals surface area contributed by atoms with Crippen LogP contribution >= 0.6 is 15.9 Å². The van der Waals surface area contributed by atoms with Gasteiger partial charge in [0.05, 0.1) is 22.8 Å². The van der Waals surface area contributed by atoms with E-state index in [4.69, 9.17) is 0 Å². The van der Waals surface area contributed by atoms with Crippen molar-refractivity contribution in [3.8, 4) is 0 Å². The van der Waals surface area contributed by atoms with Gasteiger partial charge >= 0.3 is 0 Å². The van der Waals surface area contributed by atoms with Crippen LogP contribution in [0.3, 0.4) is 0 Å². The Bertz CT molecular complexity index is 1170. The molecule has 0 aromatic heterocycles. The molecule has 0 radical (unpaired) electrons.